The molecule has 2 aliphatic rings. The molecular formula is C15H14O2. The minimum absolute atomic E-state index is 0.0766. The molecule has 0 fully saturated rings. The van der Waals surface area contributed by atoms with Crippen LogP contribution in [0, 0.1) is 0 Å². The molecule has 1 atom stereocenters. The molecule has 1 aromatic carbocycles. The van der Waals surface area contributed by atoms with Crippen LogP contribution in [-0.2, 0) is 9.53 Å². The van der Waals surface area contributed by atoms with Crippen LogP contribution in [0.3, 0.4) is 0 Å². The topological polar surface area (TPSA) is 26.3 Å². The minimum atomic E-state index is 0.0766. The number of allylic oxidation sites excluding steroid dienone is 3. The van der Waals surface area contributed by atoms with E-state index in [1.54, 1.807) is 6.26 Å². The Morgan fingerprint density at radius 3 is 2.76 bits per heavy atom. The van der Waals surface area contributed by atoms with Gasteiger partial charge in [0.1, 0.15) is 5.76 Å². The molecule has 1 aliphatic carbocycles. The largest absolute Gasteiger partial charge is 0.469 e. The molecule has 3 rings (SSSR count). The van der Waals surface area contributed by atoms with Gasteiger partial charge in [0.05, 0.1) is 6.26 Å². The number of hydrogen-bond acceptors (Lipinski definition) is 2. The predicted molar refractivity (Wildman–Crippen MR) is 65.3 cm³/mol. The van der Waals surface area contributed by atoms with E-state index in [1.807, 2.05) is 24.3 Å². The Labute approximate surface area is 101 Å². The lowest BCUT2D eigenvalue weighted by molar-refractivity contribution is -0.116. The van der Waals surface area contributed by atoms with Crippen molar-refractivity contribution in [2.45, 2.75) is 25.2 Å². The van der Waals surface area contributed by atoms with Crippen LogP contribution < -0.4 is 0 Å². The van der Waals surface area contributed by atoms with Gasteiger partial charge in [0, 0.05) is 24.3 Å². The average Bonchev–Trinajstić information content (AvgIpc) is 2.39. The van der Waals surface area contributed by atoms with E-state index < -0.39 is 0 Å². The second-order valence-electron chi connectivity index (χ2n) is 4.45. The SMILES string of the molecule is O=C1CCCC2=C1[C@@H](c1ccccc1)C=CO2. The first-order valence-electron chi connectivity index (χ1n) is 6.01. The summed E-state index contributed by atoms with van der Waals surface area (Å²) in [5.41, 5.74) is 2.03. The van der Waals surface area contributed by atoms with Crippen LogP contribution in [0.25, 0.3) is 0 Å². The Kier molecular flexibility index (Phi) is 2.56. The number of carbonyl (C=O) groups excluding carboxylic acids is 1. The highest BCUT2D eigenvalue weighted by Gasteiger charge is 2.30. The molecule has 0 amide bonds. The maximum Gasteiger partial charge on any atom is 0.163 e. The van der Waals surface area contributed by atoms with Crippen molar-refractivity contribution < 1.29 is 9.53 Å². The lowest BCUT2D eigenvalue weighted by Gasteiger charge is -2.27. The van der Waals surface area contributed by atoms with E-state index in [-0.39, 0.29) is 11.7 Å². The van der Waals surface area contributed by atoms with Crippen molar-refractivity contribution in [2.75, 3.05) is 0 Å². The number of ketones is 1. The zero-order valence-corrected chi connectivity index (χ0v) is 9.56. The maximum absolute atomic E-state index is 12.0. The molecule has 0 N–H and O–H groups in total. The molecule has 1 heterocycles. The van der Waals surface area contributed by atoms with Crippen molar-refractivity contribution in [1.82, 2.24) is 0 Å². The molecule has 2 nitrogen and oxygen atoms in total. The van der Waals surface area contributed by atoms with E-state index in [4.69, 9.17) is 4.74 Å². The summed E-state index contributed by atoms with van der Waals surface area (Å²) in [6, 6.07) is 10.1. The Hall–Kier alpha value is -1.83. The third-order valence-corrected chi connectivity index (χ3v) is 3.36. The molecule has 0 bridgehead atoms. The Morgan fingerprint density at radius 2 is 1.94 bits per heavy atom. The number of carbonyl (C=O) groups is 1. The number of ether oxygens (including phenoxy) is 1. The van der Waals surface area contributed by atoms with Gasteiger partial charge in [-0.15, -0.1) is 0 Å². The fraction of sp³-hybridized carbons (Fsp3) is 0.267. The third-order valence-electron chi connectivity index (χ3n) is 3.36. The molecule has 2 heteroatoms. The summed E-state index contributed by atoms with van der Waals surface area (Å²) in [6.45, 7) is 0. The summed E-state index contributed by atoms with van der Waals surface area (Å²) < 4.78 is 5.48. The zero-order chi connectivity index (χ0) is 11.7. The molecule has 17 heavy (non-hydrogen) atoms. The van der Waals surface area contributed by atoms with Gasteiger partial charge in [0.25, 0.3) is 0 Å². The second-order valence-corrected chi connectivity index (χ2v) is 4.45. The van der Waals surface area contributed by atoms with E-state index >= 15 is 0 Å². The highest BCUT2D eigenvalue weighted by Crippen LogP contribution is 2.37. The van der Waals surface area contributed by atoms with Crippen LogP contribution >= 0.6 is 0 Å². The van der Waals surface area contributed by atoms with Gasteiger partial charge >= 0.3 is 0 Å². The number of benzene rings is 1. The molecule has 0 spiro atoms. The van der Waals surface area contributed by atoms with Crippen LogP contribution in [0.1, 0.15) is 30.7 Å². The van der Waals surface area contributed by atoms with E-state index in [9.17, 15) is 4.79 Å². The third kappa shape index (κ3) is 1.80. The standard InChI is InChI=1S/C15H14O2/c16-13-7-4-8-14-15(13)12(9-10-17-14)11-5-2-1-3-6-11/h1-3,5-6,9-10,12H,4,7-8H2/t12-/m1/s1. The summed E-state index contributed by atoms with van der Waals surface area (Å²) in [5.74, 6) is 1.19. The van der Waals surface area contributed by atoms with Crippen LogP contribution in [0.5, 0.6) is 0 Å². The zero-order valence-electron chi connectivity index (χ0n) is 9.56. The summed E-state index contributed by atoms with van der Waals surface area (Å²) in [5, 5.41) is 0. The van der Waals surface area contributed by atoms with Crippen molar-refractivity contribution in [3.8, 4) is 0 Å². The lowest BCUT2D eigenvalue weighted by atomic mass is 9.82. The van der Waals surface area contributed by atoms with Crippen LogP contribution in [0.4, 0.5) is 0 Å². The maximum atomic E-state index is 12.0. The highest BCUT2D eigenvalue weighted by atomic mass is 16.5. The van der Waals surface area contributed by atoms with E-state index in [1.165, 1.54) is 0 Å². The lowest BCUT2D eigenvalue weighted by Crippen LogP contribution is -2.20. The monoisotopic (exact) mass is 226 g/mol. The smallest absolute Gasteiger partial charge is 0.163 e. The summed E-state index contributed by atoms with van der Waals surface area (Å²) in [7, 11) is 0. The normalized spacial score (nSPS) is 23.3. The summed E-state index contributed by atoms with van der Waals surface area (Å²) in [6.07, 6.45) is 6.13. The van der Waals surface area contributed by atoms with Gasteiger partial charge in [-0.1, -0.05) is 30.3 Å². The van der Waals surface area contributed by atoms with Gasteiger partial charge in [0.15, 0.2) is 5.78 Å². The summed E-state index contributed by atoms with van der Waals surface area (Å²) >= 11 is 0. The van der Waals surface area contributed by atoms with Gasteiger partial charge in [-0.3, -0.25) is 4.79 Å². The number of Topliss-reactive ketones (excluding diaryl/α,β-unsaturated/α-hetero) is 1. The van der Waals surface area contributed by atoms with Crippen LogP contribution in [0.2, 0.25) is 0 Å². The average molecular weight is 226 g/mol. The summed E-state index contributed by atoms with van der Waals surface area (Å²) in [4.78, 5) is 12.0. The Morgan fingerprint density at radius 1 is 1.12 bits per heavy atom. The first kappa shape index (κ1) is 10.3. The molecule has 1 aliphatic heterocycles. The van der Waals surface area contributed by atoms with Crippen molar-refractivity contribution in [2.24, 2.45) is 0 Å². The highest BCUT2D eigenvalue weighted by molar-refractivity contribution is 5.98. The molecular weight excluding hydrogens is 212 g/mol. The number of hydrogen-bond donors (Lipinski definition) is 0. The van der Waals surface area contributed by atoms with Crippen molar-refractivity contribution in [1.29, 1.82) is 0 Å². The predicted octanol–water partition coefficient (Wildman–Crippen LogP) is 3.32. The number of rotatable bonds is 1. The Bertz CT molecular complexity index is 497. The van der Waals surface area contributed by atoms with Gasteiger partial charge in [0.2, 0.25) is 0 Å². The molecule has 1 aromatic rings. The van der Waals surface area contributed by atoms with E-state index in [0.717, 1.165) is 29.7 Å². The molecule has 0 saturated heterocycles. The first-order valence-corrected chi connectivity index (χ1v) is 6.01. The van der Waals surface area contributed by atoms with Gasteiger partial charge < -0.3 is 4.74 Å². The van der Waals surface area contributed by atoms with E-state index in [0.29, 0.717) is 6.42 Å². The van der Waals surface area contributed by atoms with Gasteiger partial charge in [-0.2, -0.15) is 0 Å². The van der Waals surface area contributed by atoms with Crippen molar-refractivity contribution in [3.63, 3.8) is 0 Å². The fourth-order valence-electron chi connectivity index (χ4n) is 2.54. The Balaban J connectivity index is 2.04. The molecule has 0 unspecified atom stereocenters. The fourth-order valence-corrected chi connectivity index (χ4v) is 2.54. The molecule has 0 saturated carbocycles. The molecule has 86 valence electrons. The van der Waals surface area contributed by atoms with Crippen LogP contribution in [-0.4, -0.2) is 5.78 Å². The second kappa shape index (κ2) is 4.21. The van der Waals surface area contributed by atoms with Crippen molar-refractivity contribution in [3.05, 3.63) is 59.6 Å². The molecule has 0 radical (unpaired) electrons. The van der Waals surface area contributed by atoms with Crippen molar-refractivity contribution >= 4 is 5.78 Å². The minimum Gasteiger partial charge on any atom is -0.469 e. The van der Waals surface area contributed by atoms with Crippen LogP contribution in [0.15, 0.2) is 54.0 Å². The molecule has 0 aromatic heterocycles. The van der Waals surface area contributed by atoms with Gasteiger partial charge in [-0.25, -0.2) is 0 Å². The quantitative estimate of drug-likeness (QED) is 0.734. The van der Waals surface area contributed by atoms with Gasteiger partial charge in [-0.05, 0) is 18.1 Å². The van der Waals surface area contributed by atoms with E-state index in [2.05, 4.69) is 12.1 Å². The first-order chi connectivity index (χ1) is 8.36.